The van der Waals surface area contributed by atoms with Crippen LogP contribution in [-0.4, -0.2) is 10.5 Å². The van der Waals surface area contributed by atoms with Crippen LogP contribution in [0.5, 0.6) is 0 Å². The molecule has 1 rings (SSSR count). The summed E-state index contributed by atoms with van der Waals surface area (Å²) in [5.74, 6) is -0.316. The van der Waals surface area contributed by atoms with E-state index in [1.165, 1.54) is 12.3 Å². The van der Waals surface area contributed by atoms with E-state index in [9.17, 15) is 4.39 Å². The fourth-order valence-corrected chi connectivity index (χ4v) is 0.913. The number of halogens is 1. The van der Waals surface area contributed by atoms with Crippen molar-refractivity contribution in [2.45, 2.75) is 26.3 Å². The lowest BCUT2D eigenvalue weighted by Gasteiger charge is -2.21. The van der Waals surface area contributed by atoms with Crippen molar-refractivity contribution in [2.24, 2.45) is 0 Å². The first-order valence-corrected chi connectivity index (χ1v) is 3.86. The number of hydrogen-bond acceptors (Lipinski definition) is 2. The lowest BCUT2D eigenvalue weighted by atomic mass is 10.1. The first-order chi connectivity index (χ1) is 5.47. The fraction of sp³-hybridized carbons (Fsp3) is 0.444. The van der Waals surface area contributed by atoms with Crippen LogP contribution in [0.25, 0.3) is 0 Å². The van der Waals surface area contributed by atoms with Crippen LogP contribution < -0.4 is 5.32 Å². The average Bonchev–Trinajstić information content (AvgIpc) is 1.82. The standard InChI is InChI=1S/C9H13FN2/c1-9(2,3)12-8-4-7(10)5-11-6-8/h4-6,12H,1-3H3. The molecule has 0 radical (unpaired) electrons. The molecule has 0 saturated carbocycles. The Morgan fingerprint density at radius 1 is 1.33 bits per heavy atom. The molecule has 3 heteroatoms. The second kappa shape index (κ2) is 3.09. The summed E-state index contributed by atoms with van der Waals surface area (Å²) >= 11 is 0. The van der Waals surface area contributed by atoms with Gasteiger partial charge in [0.05, 0.1) is 18.1 Å². The Balaban J connectivity index is 2.77. The van der Waals surface area contributed by atoms with Crippen LogP contribution in [0.4, 0.5) is 10.1 Å². The topological polar surface area (TPSA) is 24.9 Å². The maximum Gasteiger partial charge on any atom is 0.143 e. The Bertz CT molecular complexity index is 265. The molecule has 1 aromatic heterocycles. The third-order valence-corrected chi connectivity index (χ3v) is 1.22. The third-order valence-electron chi connectivity index (χ3n) is 1.22. The van der Waals surface area contributed by atoms with Crippen molar-refractivity contribution in [3.05, 3.63) is 24.3 Å². The van der Waals surface area contributed by atoms with Gasteiger partial charge in [-0.2, -0.15) is 0 Å². The Hall–Kier alpha value is -1.12. The zero-order valence-electron chi connectivity index (χ0n) is 7.56. The highest BCUT2D eigenvalue weighted by molar-refractivity contribution is 5.42. The summed E-state index contributed by atoms with van der Waals surface area (Å²) in [4.78, 5) is 3.73. The second-order valence-corrected chi connectivity index (χ2v) is 3.77. The van der Waals surface area contributed by atoms with Crippen LogP contribution in [0.15, 0.2) is 18.5 Å². The zero-order valence-corrected chi connectivity index (χ0v) is 7.56. The molecule has 0 spiro atoms. The molecule has 2 nitrogen and oxygen atoms in total. The number of hydrogen-bond donors (Lipinski definition) is 1. The third kappa shape index (κ3) is 2.86. The van der Waals surface area contributed by atoms with E-state index in [-0.39, 0.29) is 11.4 Å². The van der Waals surface area contributed by atoms with Gasteiger partial charge in [0, 0.05) is 11.6 Å². The van der Waals surface area contributed by atoms with Crippen molar-refractivity contribution < 1.29 is 4.39 Å². The number of rotatable bonds is 1. The molecule has 0 saturated heterocycles. The van der Waals surface area contributed by atoms with Gasteiger partial charge in [0.2, 0.25) is 0 Å². The van der Waals surface area contributed by atoms with Gasteiger partial charge < -0.3 is 5.32 Å². The molecule has 0 atom stereocenters. The van der Waals surface area contributed by atoms with E-state index in [0.29, 0.717) is 5.69 Å². The molecule has 0 aromatic carbocycles. The number of nitrogens with zero attached hydrogens (tertiary/aromatic N) is 1. The summed E-state index contributed by atoms with van der Waals surface area (Å²) in [7, 11) is 0. The van der Waals surface area contributed by atoms with E-state index in [1.807, 2.05) is 20.8 Å². The van der Waals surface area contributed by atoms with Crippen LogP contribution in [-0.2, 0) is 0 Å². The number of aromatic nitrogens is 1. The largest absolute Gasteiger partial charge is 0.379 e. The number of pyridine rings is 1. The van der Waals surface area contributed by atoms with Gasteiger partial charge in [0.15, 0.2) is 0 Å². The molecule has 0 bridgehead atoms. The average molecular weight is 168 g/mol. The highest BCUT2D eigenvalue weighted by Crippen LogP contribution is 2.13. The summed E-state index contributed by atoms with van der Waals surface area (Å²) in [6.45, 7) is 6.04. The van der Waals surface area contributed by atoms with Gasteiger partial charge in [-0.05, 0) is 20.8 Å². The van der Waals surface area contributed by atoms with Gasteiger partial charge >= 0.3 is 0 Å². The normalized spacial score (nSPS) is 11.3. The van der Waals surface area contributed by atoms with Gasteiger partial charge in [0.1, 0.15) is 5.82 Å². The first kappa shape index (κ1) is 8.97. The molecule has 0 amide bonds. The van der Waals surface area contributed by atoms with Crippen molar-refractivity contribution in [3.8, 4) is 0 Å². The first-order valence-electron chi connectivity index (χ1n) is 3.86. The molecule has 1 heterocycles. The molecule has 1 aromatic rings. The Morgan fingerprint density at radius 3 is 2.50 bits per heavy atom. The number of anilines is 1. The van der Waals surface area contributed by atoms with Gasteiger partial charge in [-0.25, -0.2) is 4.39 Å². The van der Waals surface area contributed by atoms with Crippen molar-refractivity contribution in [2.75, 3.05) is 5.32 Å². The SMILES string of the molecule is CC(C)(C)Nc1cncc(F)c1. The molecule has 0 aliphatic carbocycles. The minimum atomic E-state index is -0.316. The molecule has 0 fully saturated rings. The lowest BCUT2D eigenvalue weighted by Crippen LogP contribution is -2.26. The smallest absolute Gasteiger partial charge is 0.143 e. The highest BCUT2D eigenvalue weighted by Gasteiger charge is 2.09. The molecule has 0 aliphatic rings. The van der Waals surface area contributed by atoms with Crippen LogP contribution in [0.1, 0.15) is 20.8 Å². The quantitative estimate of drug-likeness (QED) is 0.696. The highest BCUT2D eigenvalue weighted by atomic mass is 19.1. The molecular formula is C9H13FN2. The summed E-state index contributed by atoms with van der Waals surface area (Å²) in [5, 5.41) is 3.12. The monoisotopic (exact) mass is 168 g/mol. The molecule has 12 heavy (non-hydrogen) atoms. The van der Waals surface area contributed by atoms with E-state index < -0.39 is 0 Å². The lowest BCUT2D eigenvalue weighted by molar-refractivity contribution is 0.613. The molecular weight excluding hydrogens is 155 g/mol. The second-order valence-electron chi connectivity index (χ2n) is 3.77. The molecule has 66 valence electrons. The predicted octanol–water partition coefficient (Wildman–Crippen LogP) is 2.43. The summed E-state index contributed by atoms with van der Waals surface area (Å²) in [6.07, 6.45) is 2.79. The van der Waals surface area contributed by atoms with Crippen molar-refractivity contribution >= 4 is 5.69 Å². The van der Waals surface area contributed by atoms with Crippen LogP contribution >= 0.6 is 0 Å². The van der Waals surface area contributed by atoms with Crippen LogP contribution in [0.3, 0.4) is 0 Å². The van der Waals surface area contributed by atoms with Crippen molar-refractivity contribution in [1.82, 2.24) is 4.98 Å². The fourth-order valence-electron chi connectivity index (χ4n) is 0.913. The van der Waals surface area contributed by atoms with Gasteiger partial charge in [-0.15, -0.1) is 0 Å². The van der Waals surface area contributed by atoms with Gasteiger partial charge in [-0.1, -0.05) is 0 Å². The predicted molar refractivity (Wildman–Crippen MR) is 47.6 cm³/mol. The molecule has 0 aliphatic heterocycles. The Morgan fingerprint density at radius 2 is 2.00 bits per heavy atom. The van der Waals surface area contributed by atoms with Crippen LogP contribution in [0.2, 0.25) is 0 Å². The molecule has 1 N–H and O–H groups in total. The van der Waals surface area contributed by atoms with Gasteiger partial charge in [-0.3, -0.25) is 4.98 Å². The van der Waals surface area contributed by atoms with E-state index >= 15 is 0 Å². The van der Waals surface area contributed by atoms with Crippen molar-refractivity contribution in [1.29, 1.82) is 0 Å². The maximum absolute atomic E-state index is 12.6. The van der Waals surface area contributed by atoms with Crippen molar-refractivity contribution in [3.63, 3.8) is 0 Å². The maximum atomic E-state index is 12.6. The summed E-state index contributed by atoms with van der Waals surface area (Å²) in [5.41, 5.74) is 0.651. The number of nitrogens with one attached hydrogen (secondary N) is 1. The Kier molecular flexibility index (Phi) is 2.31. The minimum Gasteiger partial charge on any atom is -0.379 e. The van der Waals surface area contributed by atoms with E-state index in [1.54, 1.807) is 6.20 Å². The molecule has 0 unspecified atom stereocenters. The summed E-state index contributed by atoms with van der Waals surface area (Å²) < 4.78 is 12.6. The van der Waals surface area contributed by atoms with Crippen LogP contribution in [0, 0.1) is 5.82 Å². The van der Waals surface area contributed by atoms with E-state index in [4.69, 9.17) is 0 Å². The Labute approximate surface area is 71.8 Å². The zero-order chi connectivity index (χ0) is 9.19. The van der Waals surface area contributed by atoms with E-state index in [2.05, 4.69) is 10.3 Å². The summed E-state index contributed by atoms with van der Waals surface area (Å²) in [6, 6.07) is 1.43. The van der Waals surface area contributed by atoms with E-state index in [0.717, 1.165) is 0 Å². The minimum absolute atomic E-state index is 0.0600. The van der Waals surface area contributed by atoms with Gasteiger partial charge in [0.25, 0.3) is 0 Å².